The van der Waals surface area contributed by atoms with E-state index < -0.39 is 10.0 Å². The van der Waals surface area contributed by atoms with Crippen molar-refractivity contribution >= 4 is 33.0 Å². The van der Waals surface area contributed by atoms with E-state index in [1.807, 2.05) is 19.9 Å². The highest BCUT2D eigenvalue weighted by atomic mass is 32.2. The molecule has 1 atom stereocenters. The van der Waals surface area contributed by atoms with Gasteiger partial charge in [-0.1, -0.05) is 13.0 Å². The maximum Gasteiger partial charge on any atom is 0.271 e. The van der Waals surface area contributed by atoms with Crippen LogP contribution in [0.3, 0.4) is 0 Å². The molecule has 140 valence electrons. The lowest BCUT2D eigenvalue weighted by atomic mass is 10.1. The Labute approximate surface area is 157 Å². The van der Waals surface area contributed by atoms with Gasteiger partial charge in [0.2, 0.25) is 0 Å². The Morgan fingerprint density at radius 3 is 2.85 bits per heavy atom. The van der Waals surface area contributed by atoms with E-state index >= 15 is 0 Å². The minimum Gasteiger partial charge on any atom is -0.377 e. The van der Waals surface area contributed by atoms with Crippen molar-refractivity contribution in [3.63, 3.8) is 0 Å². The van der Waals surface area contributed by atoms with Gasteiger partial charge >= 0.3 is 0 Å². The lowest BCUT2D eigenvalue weighted by Gasteiger charge is -2.33. The minimum atomic E-state index is -3.66. The van der Waals surface area contributed by atoms with Crippen LogP contribution in [-0.4, -0.2) is 45.0 Å². The summed E-state index contributed by atoms with van der Waals surface area (Å²) < 4.78 is 33.3. The lowest BCUT2D eigenvalue weighted by Crippen LogP contribution is -2.47. The second-order valence-electron chi connectivity index (χ2n) is 6.18. The first-order chi connectivity index (χ1) is 12.4. The van der Waals surface area contributed by atoms with Gasteiger partial charge in [-0.25, -0.2) is 8.42 Å². The van der Waals surface area contributed by atoms with Crippen molar-refractivity contribution in [1.29, 1.82) is 0 Å². The summed E-state index contributed by atoms with van der Waals surface area (Å²) in [6, 6.07) is 10.0. The molecule has 0 spiro atoms. The van der Waals surface area contributed by atoms with E-state index in [9.17, 15) is 13.2 Å². The highest BCUT2D eigenvalue weighted by Crippen LogP contribution is 2.25. The number of ether oxygens (including phenoxy) is 1. The molecule has 0 radical (unpaired) electrons. The minimum absolute atomic E-state index is 0.00446. The van der Waals surface area contributed by atoms with Crippen LogP contribution in [0.25, 0.3) is 0 Å². The van der Waals surface area contributed by atoms with E-state index in [-0.39, 0.29) is 16.2 Å². The van der Waals surface area contributed by atoms with Crippen LogP contribution in [0.4, 0.5) is 5.69 Å². The molecule has 2 heterocycles. The topological polar surface area (TPSA) is 75.7 Å². The number of carbonyl (C=O) groups is 1. The number of amides is 1. The molecule has 1 saturated heterocycles. The molecule has 1 aromatic carbocycles. The van der Waals surface area contributed by atoms with Crippen LogP contribution in [0, 0.1) is 0 Å². The zero-order valence-corrected chi connectivity index (χ0v) is 16.4. The average molecular weight is 395 g/mol. The second-order valence-corrected chi connectivity index (χ2v) is 9.26. The molecular weight excluding hydrogens is 372 g/mol. The molecule has 2 aromatic rings. The lowest BCUT2D eigenvalue weighted by molar-refractivity contribution is 0.00360. The molecule has 1 amide bonds. The van der Waals surface area contributed by atoms with Gasteiger partial charge in [0, 0.05) is 22.7 Å². The van der Waals surface area contributed by atoms with Crippen LogP contribution in [0.5, 0.6) is 0 Å². The van der Waals surface area contributed by atoms with Crippen molar-refractivity contribution in [2.24, 2.45) is 0 Å². The first-order valence-corrected chi connectivity index (χ1v) is 10.8. The Kier molecular flexibility index (Phi) is 5.64. The SMILES string of the molecule is CCc1ccc(S(=O)(=O)Nc2cccc(C(=O)N3CCOCC3C)c2)s1. The molecule has 1 unspecified atom stereocenters. The van der Waals surface area contributed by atoms with Gasteiger partial charge in [0.15, 0.2) is 0 Å². The molecule has 8 heteroatoms. The van der Waals surface area contributed by atoms with Gasteiger partial charge in [0.1, 0.15) is 4.21 Å². The van der Waals surface area contributed by atoms with Crippen LogP contribution in [0.2, 0.25) is 0 Å². The fraction of sp³-hybridized carbons (Fsp3) is 0.389. The van der Waals surface area contributed by atoms with Crippen molar-refractivity contribution in [2.45, 2.75) is 30.5 Å². The predicted molar refractivity (Wildman–Crippen MR) is 102 cm³/mol. The van der Waals surface area contributed by atoms with E-state index in [1.54, 1.807) is 35.2 Å². The van der Waals surface area contributed by atoms with Gasteiger partial charge in [-0.15, -0.1) is 11.3 Å². The molecule has 1 fully saturated rings. The fourth-order valence-electron chi connectivity index (χ4n) is 2.81. The van der Waals surface area contributed by atoms with E-state index in [0.717, 1.165) is 11.3 Å². The third-order valence-corrected chi connectivity index (χ3v) is 7.34. The summed E-state index contributed by atoms with van der Waals surface area (Å²) in [5.74, 6) is -0.119. The molecule has 1 aliphatic heterocycles. The summed E-state index contributed by atoms with van der Waals surface area (Å²) >= 11 is 1.25. The van der Waals surface area contributed by atoms with Gasteiger partial charge in [-0.3, -0.25) is 9.52 Å². The Morgan fingerprint density at radius 1 is 1.35 bits per heavy atom. The van der Waals surface area contributed by atoms with Gasteiger partial charge < -0.3 is 9.64 Å². The highest BCUT2D eigenvalue weighted by Gasteiger charge is 2.25. The smallest absolute Gasteiger partial charge is 0.271 e. The number of hydrogen-bond donors (Lipinski definition) is 1. The molecule has 0 bridgehead atoms. The molecule has 1 N–H and O–H groups in total. The van der Waals surface area contributed by atoms with Gasteiger partial charge in [-0.2, -0.15) is 0 Å². The normalized spacial score (nSPS) is 17.9. The first kappa shape index (κ1) is 18.9. The summed E-state index contributed by atoms with van der Waals surface area (Å²) in [5.41, 5.74) is 0.836. The maximum absolute atomic E-state index is 12.7. The molecular formula is C18H22N2O4S2. The number of rotatable bonds is 5. The van der Waals surface area contributed by atoms with E-state index in [2.05, 4.69) is 4.72 Å². The highest BCUT2D eigenvalue weighted by molar-refractivity contribution is 7.94. The molecule has 3 rings (SSSR count). The third kappa shape index (κ3) is 4.08. The summed E-state index contributed by atoms with van der Waals surface area (Å²) in [7, 11) is -3.66. The zero-order valence-electron chi connectivity index (χ0n) is 14.8. The average Bonchev–Trinajstić information content (AvgIpc) is 3.12. The van der Waals surface area contributed by atoms with Gasteiger partial charge in [-0.05, 0) is 43.7 Å². The van der Waals surface area contributed by atoms with Crippen LogP contribution >= 0.6 is 11.3 Å². The summed E-state index contributed by atoms with van der Waals surface area (Å²) in [6.07, 6.45) is 0.794. The van der Waals surface area contributed by atoms with Crippen molar-refractivity contribution in [3.8, 4) is 0 Å². The molecule has 1 aromatic heterocycles. The number of anilines is 1. The molecule has 26 heavy (non-hydrogen) atoms. The van der Waals surface area contributed by atoms with Gasteiger partial charge in [0.05, 0.1) is 19.3 Å². The number of aryl methyl sites for hydroxylation is 1. The molecule has 6 nitrogen and oxygen atoms in total. The van der Waals surface area contributed by atoms with Crippen LogP contribution in [-0.2, 0) is 21.2 Å². The number of morpholine rings is 1. The zero-order chi connectivity index (χ0) is 18.7. The van der Waals surface area contributed by atoms with Crippen LogP contribution in [0.1, 0.15) is 29.1 Å². The van der Waals surface area contributed by atoms with Crippen LogP contribution < -0.4 is 4.72 Å². The molecule has 1 aliphatic rings. The van der Waals surface area contributed by atoms with E-state index in [0.29, 0.717) is 31.0 Å². The number of thiophene rings is 1. The number of nitrogens with one attached hydrogen (secondary N) is 1. The number of carbonyl (C=O) groups excluding carboxylic acids is 1. The number of nitrogens with zero attached hydrogens (tertiary/aromatic N) is 1. The van der Waals surface area contributed by atoms with E-state index in [4.69, 9.17) is 4.74 Å². The van der Waals surface area contributed by atoms with Crippen molar-refractivity contribution in [1.82, 2.24) is 4.90 Å². The second kappa shape index (κ2) is 7.77. The standard InChI is InChI=1S/C18H22N2O4S2/c1-3-16-7-8-17(25-16)26(22,23)19-15-6-4-5-14(11-15)18(21)20-9-10-24-12-13(20)2/h4-8,11,13,19H,3,9-10,12H2,1-2H3. The van der Waals surface area contributed by atoms with Crippen LogP contribution in [0.15, 0.2) is 40.6 Å². The summed E-state index contributed by atoms with van der Waals surface area (Å²) in [4.78, 5) is 15.5. The Hall–Kier alpha value is -1.90. The first-order valence-electron chi connectivity index (χ1n) is 8.51. The third-order valence-electron chi connectivity index (χ3n) is 4.24. The summed E-state index contributed by atoms with van der Waals surface area (Å²) in [6.45, 7) is 5.48. The summed E-state index contributed by atoms with van der Waals surface area (Å²) in [5, 5.41) is 0. The number of hydrogen-bond acceptors (Lipinski definition) is 5. The molecule has 0 saturated carbocycles. The predicted octanol–water partition coefficient (Wildman–Crippen LogP) is 2.97. The maximum atomic E-state index is 12.7. The van der Waals surface area contributed by atoms with Crippen molar-refractivity contribution in [2.75, 3.05) is 24.5 Å². The number of sulfonamides is 1. The quantitative estimate of drug-likeness (QED) is 0.846. The number of benzene rings is 1. The fourth-order valence-corrected chi connectivity index (χ4v) is 5.15. The largest absolute Gasteiger partial charge is 0.377 e. The van der Waals surface area contributed by atoms with Crippen molar-refractivity contribution < 1.29 is 17.9 Å². The Balaban J connectivity index is 1.79. The van der Waals surface area contributed by atoms with Gasteiger partial charge in [0.25, 0.3) is 15.9 Å². The van der Waals surface area contributed by atoms with E-state index in [1.165, 1.54) is 11.3 Å². The molecule has 0 aliphatic carbocycles. The monoisotopic (exact) mass is 394 g/mol. The van der Waals surface area contributed by atoms with Crippen molar-refractivity contribution in [3.05, 3.63) is 46.8 Å². The Morgan fingerprint density at radius 2 is 2.15 bits per heavy atom. The Bertz CT molecular complexity index is 892.